The highest BCUT2D eigenvalue weighted by molar-refractivity contribution is 5.75. The molecule has 5 heteroatoms. The number of hydrogen-bond acceptors (Lipinski definition) is 4. The number of carbonyl (C=O) groups is 2. The minimum Gasteiger partial charge on any atom is -0.468 e. The maximum absolute atomic E-state index is 10.9. The van der Waals surface area contributed by atoms with Crippen LogP contribution in [0.1, 0.15) is 13.8 Å². The summed E-state index contributed by atoms with van der Waals surface area (Å²) >= 11 is 0. The lowest BCUT2D eigenvalue weighted by molar-refractivity contribution is -0.142. The molecule has 0 heterocycles. The van der Waals surface area contributed by atoms with Crippen LogP contribution in [0.15, 0.2) is 0 Å². The molecule has 0 aliphatic carbocycles. The van der Waals surface area contributed by atoms with E-state index >= 15 is 0 Å². The molecule has 5 nitrogen and oxygen atoms in total. The van der Waals surface area contributed by atoms with Crippen molar-refractivity contribution in [3.63, 3.8) is 0 Å². The van der Waals surface area contributed by atoms with E-state index in [-0.39, 0.29) is 17.9 Å². The van der Waals surface area contributed by atoms with Gasteiger partial charge in [-0.25, -0.2) is 0 Å². The van der Waals surface area contributed by atoms with E-state index in [1.165, 1.54) is 14.0 Å². The summed E-state index contributed by atoms with van der Waals surface area (Å²) in [5, 5.41) is 5.50. The number of nitrogens with one attached hydrogen (secondary N) is 2. The summed E-state index contributed by atoms with van der Waals surface area (Å²) in [6.07, 6.45) is 0. The summed E-state index contributed by atoms with van der Waals surface area (Å²) in [7, 11) is 1.34. The largest absolute Gasteiger partial charge is 0.468 e. The van der Waals surface area contributed by atoms with Gasteiger partial charge in [-0.3, -0.25) is 9.59 Å². The Balaban J connectivity index is 3.42. The van der Waals surface area contributed by atoms with Crippen LogP contribution in [0.4, 0.5) is 0 Å². The molecule has 0 aliphatic heterocycles. The van der Waals surface area contributed by atoms with Crippen LogP contribution in [0, 0.1) is 0 Å². The average molecular weight is 188 g/mol. The number of amides is 1. The van der Waals surface area contributed by atoms with E-state index in [9.17, 15) is 9.59 Å². The predicted octanol–water partition coefficient (Wildman–Crippen LogP) is -0.726. The van der Waals surface area contributed by atoms with Crippen LogP contribution >= 0.6 is 0 Å². The van der Waals surface area contributed by atoms with E-state index in [1.807, 2.05) is 0 Å². The fourth-order valence-electron chi connectivity index (χ4n) is 0.787. The van der Waals surface area contributed by atoms with E-state index in [1.54, 1.807) is 6.92 Å². The maximum atomic E-state index is 10.9. The second-order valence-corrected chi connectivity index (χ2v) is 2.68. The fourth-order valence-corrected chi connectivity index (χ4v) is 0.787. The van der Waals surface area contributed by atoms with Crippen LogP contribution in [-0.4, -0.2) is 38.1 Å². The Bertz CT molecular complexity index is 182. The van der Waals surface area contributed by atoms with E-state index in [2.05, 4.69) is 15.4 Å². The van der Waals surface area contributed by atoms with Gasteiger partial charge in [0.25, 0.3) is 0 Å². The third-order valence-corrected chi connectivity index (χ3v) is 1.50. The lowest BCUT2D eigenvalue weighted by Gasteiger charge is -2.10. The van der Waals surface area contributed by atoms with Gasteiger partial charge in [0.1, 0.15) is 6.04 Å². The summed E-state index contributed by atoms with van der Waals surface area (Å²) < 4.78 is 4.50. The maximum Gasteiger partial charge on any atom is 0.322 e. The number of ether oxygens (including phenoxy) is 1. The molecule has 0 aromatic rings. The van der Waals surface area contributed by atoms with E-state index in [4.69, 9.17) is 0 Å². The Kier molecular flexibility index (Phi) is 5.88. The number of esters is 1. The van der Waals surface area contributed by atoms with Gasteiger partial charge in [-0.05, 0) is 6.92 Å². The van der Waals surface area contributed by atoms with Crippen LogP contribution in [0.3, 0.4) is 0 Å². The van der Waals surface area contributed by atoms with Crippen LogP contribution in [-0.2, 0) is 14.3 Å². The monoisotopic (exact) mass is 188 g/mol. The zero-order valence-corrected chi connectivity index (χ0v) is 8.22. The molecule has 76 valence electrons. The first-order chi connectivity index (χ1) is 6.07. The minimum absolute atomic E-state index is 0.0764. The summed E-state index contributed by atoms with van der Waals surface area (Å²) in [6, 6.07) is -0.334. The molecule has 0 spiro atoms. The lowest BCUT2D eigenvalue weighted by atomic mass is 10.3. The number of methoxy groups -OCH3 is 1. The standard InChI is InChI=1S/C8H16N2O3/c1-6(8(12)13-3)9-4-5-10-7(2)11/h6,9H,4-5H2,1-3H3,(H,10,11). The van der Waals surface area contributed by atoms with Gasteiger partial charge < -0.3 is 15.4 Å². The molecule has 0 radical (unpaired) electrons. The molecule has 0 bridgehead atoms. The number of carbonyl (C=O) groups excluding carboxylic acids is 2. The zero-order chi connectivity index (χ0) is 10.3. The van der Waals surface area contributed by atoms with Crippen molar-refractivity contribution in [2.24, 2.45) is 0 Å². The van der Waals surface area contributed by atoms with Crippen molar-refractivity contribution < 1.29 is 14.3 Å². The predicted molar refractivity (Wildman–Crippen MR) is 48.2 cm³/mol. The molecule has 1 atom stereocenters. The van der Waals surface area contributed by atoms with Crippen molar-refractivity contribution in [3.8, 4) is 0 Å². The zero-order valence-electron chi connectivity index (χ0n) is 8.22. The second-order valence-electron chi connectivity index (χ2n) is 2.68. The average Bonchev–Trinajstić information content (AvgIpc) is 2.10. The Morgan fingerprint density at radius 3 is 2.46 bits per heavy atom. The van der Waals surface area contributed by atoms with Crippen molar-refractivity contribution in [3.05, 3.63) is 0 Å². The molecule has 0 aromatic carbocycles. The Labute approximate surface area is 77.8 Å². The van der Waals surface area contributed by atoms with Crippen molar-refractivity contribution in [2.45, 2.75) is 19.9 Å². The van der Waals surface area contributed by atoms with Gasteiger partial charge in [0.05, 0.1) is 7.11 Å². The van der Waals surface area contributed by atoms with E-state index in [0.717, 1.165) is 0 Å². The second kappa shape index (κ2) is 6.42. The van der Waals surface area contributed by atoms with Gasteiger partial charge >= 0.3 is 5.97 Å². The molecule has 2 N–H and O–H groups in total. The Hall–Kier alpha value is -1.10. The summed E-state index contributed by atoms with van der Waals surface area (Å²) in [6.45, 7) is 4.22. The normalized spacial score (nSPS) is 11.9. The van der Waals surface area contributed by atoms with Crippen molar-refractivity contribution >= 4 is 11.9 Å². The quantitative estimate of drug-likeness (QED) is 0.441. The van der Waals surface area contributed by atoms with Gasteiger partial charge in [-0.1, -0.05) is 0 Å². The van der Waals surface area contributed by atoms with Crippen molar-refractivity contribution in [2.75, 3.05) is 20.2 Å². The smallest absolute Gasteiger partial charge is 0.322 e. The molecule has 1 unspecified atom stereocenters. The third-order valence-electron chi connectivity index (χ3n) is 1.50. The molecule has 0 aromatic heterocycles. The molecule has 0 saturated heterocycles. The van der Waals surface area contributed by atoms with Gasteiger partial charge in [-0.2, -0.15) is 0 Å². The molecular weight excluding hydrogens is 172 g/mol. The van der Waals surface area contributed by atoms with Gasteiger partial charge in [0.2, 0.25) is 5.91 Å². The molecule has 0 rings (SSSR count). The first-order valence-electron chi connectivity index (χ1n) is 4.13. The van der Waals surface area contributed by atoms with E-state index in [0.29, 0.717) is 13.1 Å². The van der Waals surface area contributed by atoms with Crippen LogP contribution in [0.2, 0.25) is 0 Å². The first-order valence-corrected chi connectivity index (χ1v) is 4.13. The van der Waals surface area contributed by atoms with Crippen LogP contribution in [0.5, 0.6) is 0 Å². The van der Waals surface area contributed by atoms with Crippen molar-refractivity contribution in [1.29, 1.82) is 0 Å². The topological polar surface area (TPSA) is 67.4 Å². The van der Waals surface area contributed by atoms with E-state index < -0.39 is 0 Å². The highest BCUT2D eigenvalue weighted by Gasteiger charge is 2.10. The Morgan fingerprint density at radius 2 is 2.00 bits per heavy atom. The lowest BCUT2D eigenvalue weighted by Crippen LogP contribution is -2.39. The molecule has 0 aliphatic rings. The van der Waals surface area contributed by atoms with Gasteiger partial charge in [0.15, 0.2) is 0 Å². The van der Waals surface area contributed by atoms with Gasteiger partial charge in [0, 0.05) is 20.0 Å². The molecular formula is C8H16N2O3. The van der Waals surface area contributed by atoms with Gasteiger partial charge in [-0.15, -0.1) is 0 Å². The molecule has 0 saturated carbocycles. The summed E-state index contributed by atoms with van der Waals surface area (Å²) in [4.78, 5) is 21.3. The highest BCUT2D eigenvalue weighted by atomic mass is 16.5. The molecule has 13 heavy (non-hydrogen) atoms. The van der Waals surface area contributed by atoms with Crippen LogP contribution in [0.25, 0.3) is 0 Å². The van der Waals surface area contributed by atoms with Crippen LogP contribution < -0.4 is 10.6 Å². The van der Waals surface area contributed by atoms with Crippen molar-refractivity contribution in [1.82, 2.24) is 10.6 Å². The fraction of sp³-hybridized carbons (Fsp3) is 0.750. The third kappa shape index (κ3) is 6.10. The minimum atomic E-state index is -0.334. The SMILES string of the molecule is COC(=O)C(C)NCCNC(C)=O. The highest BCUT2D eigenvalue weighted by Crippen LogP contribution is 1.83. The Morgan fingerprint density at radius 1 is 1.38 bits per heavy atom. The first kappa shape index (κ1) is 11.9. The summed E-state index contributed by atoms with van der Waals surface area (Å²) in [5.41, 5.74) is 0. The molecule has 0 fully saturated rings. The summed E-state index contributed by atoms with van der Waals surface area (Å²) in [5.74, 6) is -0.379. The molecule has 1 amide bonds. The number of hydrogen-bond donors (Lipinski definition) is 2. The number of rotatable bonds is 5.